The lowest BCUT2D eigenvalue weighted by Crippen LogP contribution is -2.37. The highest BCUT2D eigenvalue weighted by Gasteiger charge is 2.38. The molecule has 0 amide bonds. The van der Waals surface area contributed by atoms with Gasteiger partial charge >= 0.3 is 0 Å². The monoisotopic (exact) mass is 231 g/mol. The van der Waals surface area contributed by atoms with Gasteiger partial charge in [0, 0.05) is 6.61 Å². The molecule has 0 aromatic carbocycles. The zero-order valence-electron chi connectivity index (χ0n) is 9.16. The Morgan fingerprint density at radius 1 is 1.47 bits per heavy atom. The van der Waals surface area contributed by atoms with Crippen LogP contribution in [0.25, 0.3) is 0 Å². The Hall–Kier alpha value is -0.510. The molecule has 0 bridgehead atoms. The van der Waals surface area contributed by atoms with E-state index in [1.165, 1.54) is 0 Å². The number of rotatable bonds is 2. The van der Waals surface area contributed by atoms with Gasteiger partial charge in [-0.2, -0.15) is 0 Å². The summed E-state index contributed by atoms with van der Waals surface area (Å²) in [5.41, 5.74) is 5.88. The summed E-state index contributed by atoms with van der Waals surface area (Å²) in [6.07, 6.45) is 2.10. The van der Waals surface area contributed by atoms with Crippen LogP contribution in [0.3, 0.4) is 0 Å². The van der Waals surface area contributed by atoms with Gasteiger partial charge in [0.2, 0.25) is 0 Å². The first-order chi connectivity index (χ1) is 6.62. The first-order valence-corrected chi connectivity index (χ1v) is 5.08. The number of nitrogens with two attached hydrogens (primary N) is 1. The van der Waals surface area contributed by atoms with Gasteiger partial charge in [0.15, 0.2) is 0 Å². The van der Waals surface area contributed by atoms with Gasteiger partial charge in [-0.1, -0.05) is 0 Å². The molecule has 1 aliphatic heterocycles. The smallest absolute Gasteiger partial charge is 0.123 e. The first kappa shape index (κ1) is 12.6. The van der Waals surface area contributed by atoms with Gasteiger partial charge in [0.05, 0.1) is 11.6 Å². The lowest BCUT2D eigenvalue weighted by Gasteiger charge is -2.28. The molecule has 3 nitrogen and oxygen atoms in total. The third-order valence-corrected chi connectivity index (χ3v) is 2.97. The second-order valence-electron chi connectivity index (χ2n) is 4.19. The fourth-order valence-corrected chi connectivity index (χ4v) is 1.97. The van der Waals surface area contributed by atoms with Crippen molar-refractivity contribution in [1.29, 1.82) is 0 Å². The van der Waals surface area contributed by atoms with Crippen LogP contribution in [0.5, 0.6) is 0 Å². The maximum Gasteiger partial charge on any atom is 0.123 e. The minimum absolute atomic E-state index is 0. The van der Waals surface area contributed by atoms with E-state index in [2.05, 4.69) is 6.92 Å². The van der Waals surface area contributed by atoms with Gasteiger partial charge in [-0.05, 0) is 38.8 Å². The van der Waals surface area contributed by atoms with Crippen molar-refractivity contribution in [2.24, 2.45) is 5.73 Å². The highest BCUT2D eigenvalue weighted by Crippen LogP contribution is 2.36. The largest absolute Gasteiger partial charge is 0.465 e. The Balaban J connectivity index is 0.00000112. The second kappa shape index (κ2) is 4.56. The molecule has 0 spiro atoms. The Bertz CT molecular complexity index is 318. The molecule has 0 aliphatic carbocycles. The molecule has 0 saturated carbocycles. The van der Waals surface area contributed by atoms with Crippen molar-refractivity contribution in [3.63, 3.8) is 0 Å². The van der Waals surface area contributed by atoms with Gasteiger partial charge in [-0.3, -0.25) is 0 Å². The number of hydrogen-bond acceptors (Lipinski definition) is 3. The molecule has 2 N–H and O–H groups in total. The number of hydrogen-bond donors (Lipinski definition) is 1. The molecule has 1 aromatic rings. The predicted octanol–water partition coefficient (Wildman–Crippen LogP) is 2.58. The van der Waals surface area contributed by atoms with Crippen molar-refractivity contribution >= 4 is 12.4 Å². The minimum Gasteiger partial charge on any atom is -0.465 e. The standard InChI is InChI=1S/C11H17NO2.ClH/c1-8-4-5-9(14-8)10(12)11(2)6-3-7-13-11;/h4-5,10H,3,6-7,12H2,1-2H3;1H. The molecule has 1 aliphatic rings. The Labute approximate surface area is 96.4 Å². The predicted molar refractivity (Wildman–Crippen MR) is 61.2 cm³/mol. The Kier molecular flexibility index (Phi) is 3.82. The lowest BCUT2D eigenvalue weighted by molar-refractivity contribution is -0.00699. The lowest BCUT2D eigenvalue weighted by atomic mass is 9.92. The van der Waals surface area contributed by atoms with Gasteiger partial charge in [-0.15, -0.1) is 12.4 Å². The van der Waals surface area contributed by atoms with Crippen LogP contribution in [-0.2, 0) is 4.74 Å². The van der Waals surface area contributed by atoms with Crippen LogP contribution in [0.2, 0.25) is 0 Å². The summed E-state index contributed by atoms with van der Waals surface area (Å²) >= 11 is 0. The summed E-state index contributed by atoms with van der Waals surface area (Å²) in [4.78, 5) is 0. The van der Waals surface area contributed by atoms with Crippen molar-refractivity contribution in [3.05, 3.63) is 23.7 Å². The summed E-state index contributed by atoms with van der Waals surface area (Å²) in [7, 11) is 0. The van der Waals surface area contributed by atoms with E-state index < -0.39 is 0 Å². The van der Waals surface area contributed by atoms with Crippen molar-refractivity contribution in [3.8, 4) is 0 Å². The zero-order valence-corrected chi connectivity index (χ0v) is 9.97. The van der Waals surface area contributed by atoms with E-state index in [1.54, 1.807) is 0 Å². The van der Waals surface area contributed by atoms with Crippen molar-refractivity contribution in [1.82, 2.24) is 0 Å². The fraction of sp³-hybridized carbons (Fsp3) is 0.636. The SMILES string of the molecule is Cc1ccc(C(N)C2(C)CCCO2)o1.Cl. The fourth-order valence-electron chi connectivity index (χ4n) is 1.97. The molecule has 1 saturated heterocycles. The molecule has 4 heteroatoms. The van der Waals surface area contributed by atoms with E-state index >= 15 is 0 Å². The van der Waals surface area contributed by atoms with Crippen molar-refractivity contribution < 1.29 is 9.15 Å². The van der Waals surface area contributed by atoms with Crippen LogP contribution in [0.4, 0.5) is 0 Å². The highest BCUT2D eigenvalue weighted by molar-refractivity contribution is 5.85. The summed E-state index contributed by atoms with van der Waals surface area (Å²) < 4.78 is 11.2. The Morgan fingerprint density at radius 2 is 2.20 bits per heavy atom. The summed E-state index contributed by atoms with van der Waals surface area (Å²) in [6.45, 7) is 4.79. The average Bonchev–Trinajstić information content (AvgIpc) is 2.74. The molecular formula is C11H18ClNO2. The molecule has 2 unspecified atom stereocenters. The van der Waals surface area contributed by atoms with Crippen LogP contribution >= 0.6 is 12.4 Å². The summed E-state index contributed by atoms with van der Waals surface area (Å²) in [5, 5.41) is 0. The Morgan fingerprint density at radius 3 is 2.67 bits per heavy atom. The molecule has 1 aromatic heterocycles. The number of halogens is 1. The van der Waals surface area contributed by atoms with Crippen molar-refractivity contribution in [2.75, 3.05) is 6.61 Å². The van der Waals surface area contributed by atoms with E-state index in [-0.39, 0.29) is 24.0 Å². The number of ether oxygens (including phenoxy) is 1. The number of furan rings is 1. The second-order valence-corrected chi connectivity index (χ2v) is 4.19. The summed E-state index contributed by atoms with van der Waals surface area (Å²) in [5.74, 6) is 1.73. The van der Waals surface area contributed by atoms with E-state index in [4.69, 9.17) is 14.9 Å². The van der Waals surface area contributed by atoms with Crippen LogP contribution < -0.4 is 5.73 Å². The first-order valence-electron chi connectivity index (χ1n) is 5.08. The van der Waals surface area contributed by atoms with E-state index in [1.807, 2.05) is 19.1 Å². The maximum absolute atomic E-state index is 6.13. The van der Waals surface area contributed by atoms with Gasteiger partial charge in [0.1, 0.15) is 11.5 Å². The van der Waals surface area contributed by atoms with Gasteiger partial charge in [0.25, 0.3) is 0 Å². The number of aryl methyl sites for hydroxylation is 1. The maximum atomic E-state index is 6.13. The third kappa shape index (κ3) is 2.36. The molecule has 2 atom stereocenters. The van der Waals surface area contributed by atoms with E-state index in [0.29, 0.717) is 0 Å². The molecule has 2 heterocycles. The highest BCUT2D eigenvalue weighted by atomic mass is 35.5. The van der Waals surface area contributed by atoms with Gasteiger partial charge < -0.3 is 14.9 Å². The molecule has 2 rings (SSSR count). The molecule has 86 valence electrons. The van der Waals surface area contributed by atoms with Crippen LogP contribution in [-0.4, -0.2) is 12.2 Å². The van der Waals surface area contributed by atoms with Crippen LogP contribution in [0.15, 0.2) is 16.5 Å². The minimum atomic E-state index is -0.246. The molecule has 0 radical (unpaired) electrons. The molecule has 1 fully saturated rings. The average molecular weight is 232 g/mol. The quantitative estimate of drug-likeness (QED) is 0.851. The van der Waals surface area contributed by atoms with Crippen LogP contribution in [0.1, 0.15) is 37.3 Å². The summed E-state index contributed by atoms with van der Waals surface area (Å²) in [6, 6.07) is 3.72. The molecule has 15 heavy (non-hydrogen) atoms. The van der Waals surface area contributed by atoms with E-state index in [0.717, 1.165) is 31.0 Å². The molecular weight excluding hydrogens is 214 g/mol. The van der Waals surface area contributed by atoms with Crippen LogP contribution in [0, 0.1) is 6.92 Å². The topological polar surface area (TPSA) is 48.4 Å². The van der Waals surface area contributed by atoms with E-state index in [9.17, 15) is 0 Å². The third-order valence-electron chi connectivity index (χ3n) is 2.97. The van der Waals surface area contributed by atoms with Gasteiger partial charge in [-0.25, -0.2) is 0 Å². The normalized spacial score (nSPS) is 27.4. The van der Waals surface area contributed by atoms with Crippen molar-refractivity contribution in [2.45, 2.75) is 38.3 Å². The zero-order chi connectivity index (χ0) is 10.2.